The molecule has 0 bridgehead atoms. The summed E-state index contributed by atoms with van der Waals surface area (Å²) in [5.41, 5.74) is 2.73. The van der Waals surface area contributed by atoms with E-state index in [0.29, 0.717) is 18.7 Å². The lowest BCUT2D eigenvalue weighted by molar-refractivity contribution is -0.140. The average molecular weight is 514 g/mol. The Morgan fingerprint density at radius 3 is 2.68 bits per heavy atom. The minimum absolute atomic E-state index is 0.0896. The fourth-order valence-electron chi connectivity index (χ4n) is 5.82. The first kappa shape index (κ1) is 25.5. The number of hydrogen-bond donors (Lipinski definition) is 2. The molecular formula is C27H33F2N5O3. The van der Waals surface area contributed by atoms with Crippen molar-refractivity contribution in [3.63, 3.8) is 0 Å². The van der Waals surface area contributed by atoms with E-state index < -0.39 is 18.5 Å². The molecule has 0 radical (unpaired) electrons. The van der Waals surface area contributed by atoms with E-state index in [4.69, 9.17) is 4.74 Å². The lowest BCUT2D eigenvalue weighted by Gasteiger charge is -2.50. The highest BCUT2D eigenvalue weighted by atomic mass is 19.3. The normalized spacial score (nSPS) is 27.0. The Labute approximate surface area is 215 Å². The Hall–Kier alpha value is -3.11. The van der Waals surface area contributed by atoms with Crippen LogP contribution in [-0.4, -0.2) is 83.5 Å². The number of hydrogen-bond acceptors (Lipinski definition) is 6. The van der Waals surface area contributed by atoms with Crippen LogP contribution in [0.25, 0.3) is 0 Å². The maximum atomic E-state index is 14.7. The molecule has 1 aromatic heterocycles. The van der Waals surface area contributed by atoms with Crippen LogP contribution in [0.5, 0.6) is 0 Å². The monoisotopic (exact) mass is 513 g/mol. The number of likely N-dealkylation sites (tertiary alicyclic amines) is 2. The van der Waals surface area contributed by atoms with Crippen molar-refractivity contribution >= 4 is 17.6 Å². The van der Waals surface area contributed by atoms with Crippen LogP contribution in [0.2, 0.25) is 0 Å². The van der Waals surface area contributed by atoms with Gasteiger partial charge in [-0.2, -0.15) is 0 Å². The Morgan fingerprint density at radius 1 is 1.16 bits per heavy atom. The molecule has 5 rings (SSSR count). The van der Waals surface area contributed by atoms with E-state index in [1.54, 1.807) is 18.1 Å². The van der Waals surface area contributed by atoms with Crippen LogP contribution >= 0.6 is 0 Å². The lowest BCUT2D eigenvalue weighted by atomic mass is 9.76. The van der Waals surface area contributed by atoms with Gasteiger partial charge in [0.25, 0.3) is 11.8 Å². The van der Waals surface area contributed by atoms with E-state index in [9.17, 15) is 18.4 Å². The second kappa shape index (κ2) is 9.98. The van der Waals surface area contributed by atoms with Crippen molar-refractivity contribution in [2.24, 2.45) is 0 Å². The molecule has 8 nitrogen and oxygen atoms in total. The van der Waals surface area contributed by atoms with E-state index >= 15 is 0 Å². The largest absolute Gasteiger partial charge is 0.378 e. The molecule has 0 aliphatic carbocycles. The molecule has 2 fully saturated rings. The topological polar surface area (TPSA) is 86.8 Å². The van der Waals surface area contributed by atoms with Crippen LogP contribution in [0.3, 0.4) is 0 Å². The smallest absolute Gasteiger partial charge is 0.285 e. The standard InChI is InChI=1S/C27H33F2N5O3/c1-18(35)34-11-8-22(27(28,29)17-34)32-24-13-19(7-10-30-24)25(36)33-12-9-26(23(16-33)37-2)14-20-5-3-4-6-21(20)15-31-26/h3-7,10,13,22-23,31H,8-9,11-12,14-17H2,1-2H3,(H,30,32)/t22?,23-,26+/m1/s1. The van der Waals surface area contributed by atoms with Crippen LogP contribution in [-0.2, 0) is 22.5 Å². The number of halogens is 2. The van der Waals surface area contributed by atoms with Gasteiger partial charge in [-0.3, -0.25) is 9.59 Å². The van der Waals surface area contributed by atoms with E-state index in [1.807, 2.05) is 6.07 Å². The molecule has 198 valence electrons. The van der Waals surface area contributed by atoms with Gasteiger partial charge in [0.2, 0.25) is 5.91 Å². The molecule has 10 heteroatoms. The van der Waals surface area contributed by atoms with Gasteiger partial charge in [0, 0.05) is 52.0 Å². The molecule has 3 atom stereocenters. The molecule has 1 unspecified atom stereocenters. The molecule has 1 spiro atoms. The molecule has 0 saturated carbocycles. The van der Waals surface area contributed by atoms with Crippen molar-refractivity contribution in [1.82, 2.24) is 20.1 Å². The zero-order valence-corrected chi connectivity index (χ0v) is 21.2. The lowest BCUT2D eigenvalue weighted by Crippen LogP contribution is -2.66. The van der Waals surface area contributed by atoms with Gasteiger partial charge in [-0.25, -0.2) is 13.8 Å². The number of pyridine rings is 1. The molecular weight excluding hydrogens is 480 g/mol. The number of nitrogens with zero attached hydrogens (tertiary/aromatic N) is 3. The Balaban J connectivity index is 1.26. The minimum Gasteiger partial charge on any atom is -0.378 e. The Bertz CT molecular complexity index is 1180. The maximum absolute atomic E-state index is 14.7. The number of anilines is 1. The summed E-state index contributed by atoms with van der Waals surface area (Å²) < 4.78 is 35.3. The first-order valence-corrected chi connectivity index (χ1v) is 12.7. The Morgan fingerprint density at radius 2 is 1.95 bits per heavy atom. The van der Waals surface area contributed by atoms with Crippen molar-refractivity contribution in [3.8, 4) is 0 Å². The van der Waals surface area contributed by atoms with Crippen LogP contribution in [0.1, 0.15) is 41.3 Å². The van der Waals surface area contributed by atoms with Crippen molar-refractivity contribution in [2.45, 2.75) is 56.3 Å². The number of methoxy groups -OCH3 is 1. The predicted octanol–water partition coefficient (Wildman–Crippen LogP) is 2.70. The third-order valence-electron chi connectivity index (χ3n) is 8.03. The summed E-state index contributed by atoms with van der Waals surface area (Å²) in [5, 5.41) is 6.48. The van der Waals surface area contributed by atoms with Gasteiger partial charge in [-0.15, -0.1) is 0 Å². The number of alkyl halides is 2. The number of piperidine rings is 2. The number of ether oxygens (including phenoxy) is 1. The molecule has 3 aliphatic heterocycles. The fourth-order valence-corrected chi connectivity index (χ4v) is 5.82. The summed E-state index contributed by atoms with van der Waals surface area (Å²) in [6.07, 6.45) is 2.93. The maximum Gasteiger partial charge on any atom is 0.285 e. The highest BCUT2D eigenvalue weighted by molar-refractivity contribution is 5.95. The average Bonchev–Trinajstić information content (AvgIpc) is 2.89. The molecule has 2 saturated heterocycles. The van der Waals surface area contributed by atoms with Crippen molar-refractivity contribution < 1.29 is 23.1 Å². The van der Waals surface area contributed by atoms with Crippen LogP contribution in [0.4, 0.5) is 14.6 Å². The first-order chi connectivity index (χ1) is 17.7. The van der Waals surface area contributed by atoms with Gasteiger partial charge in [0.15, 0.2) is 0 Å². The van der Waals surface area contributed by atoms with E-state index in [-0.39, 0.29) is 42.2 Å². The number of benzene rings is 1. The van der Waals surface area contributed by atoms with Gasteiger partial charge < -0.3 is 25.2 Å². The second-order valence-electron chi connectivity index (χ2n) is 10.3. The number of aromatic nitrogens is 1. The van der Waals surface area contributed by atoms with Gasteiger partial charge in [0.1, 0.15) is 5.82 Å². The summed E-state index contributed by atoms with van der Waals surface area (Å²) in [5.74, 6) is -3.44. The molecule has 2 aromatic rings. The first-order valence-electron chi connectivity index (χ1n) is 12.7. The number of rotatable bonds is 4. The highest BCUT2D eigenvalue weighted by Gasteiger charge is 2.47. The molecule has 2 amide bonds. The minimum atomic E-state index is -3.11. The molecule has 3 aliphatic rings. The van der Waals surface area contributed by atoms with Gasteiger partial charge in [-0.1, -0.05) is 24.3 Å². The fraction of sp³-hybridized carbons (Fsp3) is 0.519. The van der Waals surface area contributed by atoms with Crippen molar-refractivity contribution in [3.05, 3.63) is 59.3 Å². The third-order valence-corrected chi connectivity index (χ3v) is 8.03. The Kier molecular flexibility index (Phi) is 6.89. The van der Waals surface area contributed by atoms with Crippen LogP contribution in [0.15, 0.2) is 42.6 Å². The van der Waals surface area contributed by atoms with Gasteiger partial charge >= 0.3 is 0 Å². The molecule has 4 heterocycles. The van der Waals surface area contributed by atoms with E-state index in [0.717, 1.165) is 24.3 Å². The van der Waals surface area contributed by atoms with Gasteiger partial charge in [0.05, 0.1) is 24.2 Å². The third kappa shape index (κ3) is 5.04. The SMILES string of the molecule is CO[C@@H]1CN(C(=O)c2ccnc(NC3CCN(C(C)=O)CC3(F)F)c2)CC[C@]12Cc1ccccc1CN2. The van der Waals surface area contributed by atoms with Crippen LogP contribution in [0, 0.1) is 0 Å². The van der Waals surface area contributed by atoms with Crippen molar-refractivity contribution in [1.29, 1.82) is 0 Å². The summed E-state index contributed by atoms with van der Waals surface area (Å²) in [7, 11) is 1.68. The quantitative estimate of drug-likeness (QED) is 0.654. The van der Waals surface area contributed by atoms with Crippen LogP contribution < -0.4 is 10.6 Å². The summed E-state index contributed by atoms with van der Waals surface area (Å²) in [6, 6.07) is 10.3. The summed E-state index contributed by atoms with van der Waals surface area (Å²) >= 11 is 0. The zero-order chi connectivity index (χ0) is 26.2. The second-order valence-corrected chi connectivity index (χ2v) is 10.3. The highest BCUT2D eigenvalue weighted by Crippen LogP contribution is 2.34. The van der Waals surface area contributed by atoms with E-state index in [1.165, 1.54) is 30.3 Å². The number of nitrogens with one attached hydrogen (secondary N) is 2. The molecule has 2 N–H and O–H groups in total. The predicted molar refractivity (Wildman–Crippen MR) is 134 cm³/mol. The van der Waals surface area contributed by atoms with Crippen molar-refractivity contribution in [2.75, 3.05) is 38.6 Å². The molecule has 37 heavy (non-hydrogen) atoms. The van der Waals surface area contributed by atoms with E-state index in [2.05, 4.69) is 33.8 Å². The zero-order valence-electron chi connectivity index (χ0n) is 21.2. The number of fused-ring (bicyclic) bond motifs is 1. The van der Waals surface area contributed by atoms with Gasteiger partial charge in [-0.05, 0) is 42.5 Å². The summed E-state index contributed by atoms with van der Waals surface area (Å²) in [4.78, 5) is 32.0. The molecule has 1 aromatic carbocycles. The number of carbonyl (C=O) groups is 2. The summed E-state index contributed by atoms with van der Waals surface area (Å²) in [6.45, 7) is 2.65. The number of carbonyl (C=O) groups excluding carboxylic acids is 2. The number of amides is 2.